The molecule has 10 heteroatoms. The lowest BCUT2D eigenvalue weighted by molar-refractivity contribution is -0.125. The lowest BCUT2D eigenvalue weighted by Gasteiger charge is -2.32. The van der Waals surface area contributed by atoms with E-state index in [-0.39, 0.29) is 31.1 Å². The molecule has 0 spiro atoms. The predicted octanol–water partition coefficient (Wildman–Crippen LogP) is 5.39. The summed E-state index contributed by atoms with van der Waals surface area (Å²) in [6.07, 6.45) is 7.42. The van der Waals surface area contributed by atoms with Crippen LogP contribution >= 0.6 is 22.9 Å². The van der Waals surface area contributed by atoms with E-state index in [1.54, 1.807) is 22.4 Å². The van der Waals surface area contributed by atoms with Crippen molar-refractivity contribution in [2.75, 3.05) is 19.6 Å². The summed E-state index contributed by atoms with van der Waals surface area (Å²) in [4.78, 5) is 34.1. The number of piperidine rings is 1. The fourth-order valence-electron chi connectivity index (χ4n) is 6.01. The number of hydrogen-bond donors (Lipinski definition) is 1. The van der Waals surface area contributed by atoms with Gasteiger partial charge in [0.15, 0.2) is 0 Å². The summed E-state index contributed by atoms with van der Waals surface area (Å²) in [6, 6.07) is 12.6. The van der Waals surface area contributed by atoms with Gasteiger partial charge in [-0.05, 0) is 69.1 Å². The Morgan fingerprint density at radius 1 is 1.15 bits per heavy atom. The number of amides is 3. The van der Waals surface area contributed by atoms with Crippen LogP contribution < -0.4 is 5.32 Å². The van der Waals surface area contributed by atoms with Gasteiger partial charge in [-0.25, -0.2) is 4.79 Å². The van der Waals surface area contributed by atoms with Crippen molar-refractivity contribution in [3.63, 3.8) is 0 Å². The van der Waals surface area contributed by atoms with Gasteiger partial charge in [-0.1, -0.05) is 11.6 Å². The fraction of sp³-hybridized carbons (Fsp3) is 0.379. The van der Waals surface area contributed by atoms with E-state index >= 15 is 0 Å². The van der Waals surface area contributed by atoms with Crippen molar-refractivity contribution in [3.8, 4) is 17.2 Å². The van der Waals surface area contributed by atoms with E-state index in [2.05, 4.69) is 33.2 Å². The van der Waals surface area contributed by atoms with Crippen LogP contribution in [0, 0.1) is 16.7 Å². The number of pyridine rings is 1. The number of nitrogens with one attached hydrogen (secondary N) is 1. The van der Waals surface area contributed by atoms with Crippen molar-refractivity contribution >= 4 is 56.0 Å². The number of hydrogen-bond acceptors (Lipinski definition) is 6. The molecule has 0 atom stereocenters. The monoisotopic (exact) mass is 558 g/mol. The first kappa shape index (κ1) is 24.6. The first-order valence-electron chi connectivity index (χ1n) is 13.3. The molecule has 7 rings (SSSR count). The minimum absolute atomic E-state index is 0.142. The molecule has 0 radical (unpaired) electrons. The number of thiophene rings is 1. The Bertz CT molecular complexity index is 1680. The van der Waals surface area contributed by atoms with Gasteiger partial charge in [0.1, 0.15) is 6.54 Å². The maximum atomic E-state index is 12.9. The van der Waals surface area contributed by atoms with Gasteiger partial charge in [-0.2, -0.15) is 5.26 Å². The molecule has 0 unspecified atom stereocenters. The normalized spacial score (nSPS) is 19.4. The van der Waals surface area contributed by atoms with Crippen LogP contribution in [0.15, 0.2) is 42.7 Å². The number of rotatable bonds is 6. The van der Waals surface area contributed by atoms with Crippen LogP contribution in [0.3, 0.4) is 0 Å². The van der Waals surface area contributed by atoms with E-state index in [0.717, 1.165) is 75.9 Å². The molecule has 2 aliphatic heterocycles. The van der Waals surface area contributed by atoms with E-state index < -0.39 is 5.41 Å². The Hall–Kier alpha value is -3.45. The Balaban J connectivity index is 1.28. The summed E-state index contributed by atoms with van der Waals surface area (Å²) in [6.45, 7) is 2.73. The van der Waals surface area contributed by atoms with Crippen molar-refractivity contribution in [1.29, 1.82) is 5.26 Å². The highest BCUT2D eigenvalue weighted by Crippen LogP contribution is 2.41. The number of carbonyl (C=O) groups is 2. The topological polar surface area (TPSA) is 94.3 Å². The zero-order chi connectivity index (χ0) is 26.7. The van der Waals surface area contributed by atoms with E-state index in [1.807, 2.05) is 24.3 Å². The Morgan fingerprint density at radius 2 is 1.97 bits per heavy atom. The second-order valence-electron chi connectivity index (χ2n) is 10.9. The molecule has 3 aromatic heterocycles. The van der Waals surface area contributed by atoms with Gasteiger partial charge >= 0.3 is 6.03 Å². The third-order valence-electron chi connectivity index (χ3n) is 8.23. The molecular weight excluding hydrogens is 532 g/mol. The average Bonchev–Trinajstić information content (AvgIpc) is 3.49. The number of imide groups is 1. The molecule has 3 fully saturated rings. The Kier molecular flexibility index (Phi) is 5.88. The van der Waals surface area contributed by atoms with Gasteiger partial charge in [-0.3, -0.25) is 14.7 Å². The Labute approximate surface area is 234 Å². The van der Waals surface area contributed by atoms with Crippen LogP contribution in [-0.2, 0) is 17.9 Å². The van der Waals surface area contributed by atoms with Crippen LogP contribution in [0.2, 0.25) is 5.02 Å². The molecule has 4 aromatic rings. The van der Waals surface area contributed by atoms with E-state index in [1.165, 1.54) is 4.90 Å². The molecule has 39 heavy (non-hydrogen) atoms. The van der Waals surface area contributed by atoms with Gasteiger partial charge in [0.2, 0.25) is 0 Å². The maximum Gasteiger partial charge on any atom is 0.327 e. The lowest BCUT2D eigenvalue weighted by Crippen LogP contribution is -2.38. The highest BCUT2D eigenvalue weighted by atomic mass is 35.5. The SMILES string of the molecule is N#CC1(Cn2ccc3cc(Cl)cc(-c4ccnc5cc(CN6C(=O)CN(C7CC7)C6=O)sc45)c32)CCNCC1. The molecular formula is C29H27ClN6O2S. The molecule has 3 amide bonds. The first-order chi connectivity index (χ1) is 18.9. The number of nitriles is 1. The van der Waals surface area contributed by atoms with Crippen molar-refractivity contribution in [1.82, 2.24) is 24.7 Å². The summed E-state index contributed by atoms with van der Waals surface area (Å²) < 4.78 is 3.18. The highest BCUT2D eigenvalue weighted by Gasteiger charge is 2.43. The number of fused-ring (bicyclic) bond motifs is 2. The smallest absolute Gasteiger partial charge is 0.327 e. The van der Waals surface area contributed by atoms with Crippen LogP contribution in [0.4, 0.5) is 4.79 Å². The standard InChI is InChI=1S/C29H27ClN6O2S/c30-19-11-18-4-10-34(17-29(16-31)5-8-32-9-6-29)26(18)23(12-19)22-3-7-33-24-13-21(39-27(22)24)14-36-25(37)15-35(28(36)38)20-1-2-20/h3-4,7,10-13,20,32H,1-2,5-6,8-9,14-15,17H2. The molecule has 2 saturated heterocycles. The summed E-state index contributed by atoms with van der Waals surface area (Å²) in [5.41, 5.74) is 3.43. The van der Waals surface area contributed by atoms with E-state index in [0.29, 0.717) is 11.6 Å². The van der Waals surface area contributed by atoms with Crippen molar-refractivity contribution in [2.24, 2.45) is 5.41 Å². The van der Waals surface area contributed by atoms with Gasteiger partial charge in [0.25, 0.3) is 5.91 Å². The quantitative estimate of drug-likeness (QED) is 0.320. The molecule has 1 saturated carbocycles. The number of carbonyl (C=O) groups excluding carboxylic acids is 2. The molecule has 3 aliphatic rings. The average molecular weight is 559 g/mol. The van der Waals surface area contributed by atoms with Crippen molar-refractivity contribution in [3.05, 3.63) is 52.6 Å². The largest absolute Gasteiger partial charge is 0.345 e. The minimum atomic E-state index is -0.416. The maximum absolute atomic E-state index is 12.9. The van der Waals surface area contributed by atoms with Crippen molar-refractivity contribution < 1.29 is 9.59 Å². The third-order valence-corrected chi connectivity index (χ3v) is 9.59. The molecule has 1 N–H and O–H groups in total. The summed E-state index contributed by atoms with van der Waals surface area (Å²) >= 11 is 8.16. The number of benzene rings is 1. The molecule has 1 aliphatic carbocycles. The highest BCUT2D eigenvalue weighted by molar-refractivity contribution is 7.19. The second kappa shape index (κ2) is 9.33. The Morgan fingerprint density at radius 3 is 2.74 bits per heavy atom. The second-order valence-corrected chi connectivity index (χ2v) is 12.5. The van der Waals surface area contributed by atoms with E-state index in [9.17, 15) is 14.9 Å². The molecule has 0 bridgehead atoms. The van der Waals surface area contributed by atoms with Gasteiger partial charge in [0, 0.05) is 51.4 Å². The predicted molar refractivity (Wildman–Crippen MR) is 151 cm³/mol. The van der Waals surface area contributed by atoms with Crippen molar-refractivity contribution in [2.45, 2.75) is 44.8 Å². The van der Waals surface area contributed by atoms with Gasteiger partial charge in [-0.15, -0.1) is 11.3 Å². The van der Waals surface area contributed by atoms with Crippen LogP contribution in [0.25, 0.3) is 32.2 Å². The third kappa shape index (κ3) is 4.27. The minimum Gasteiger partial charge on any atom is -0.345 e. The van der Waals surface area contributed by atoms with Gasteiger partial charge < -0.3 is 14.8 Å². The molecule has 198 valence electrons. The van der Waals surface area contributed by atoms with E-state index in [4.69, 9.17) is 11.6 Å². The molecule has 8 nitrogen and oxygen atoms in total. The fourth-order valence-corrected chi connectivity index (χ4v) is 7.36. The number of aromatic nitrogens is 2. The van der Waals surface area contributed by atoms with Gasteiger partial charge in [0.05, 0.1) is 33.8 Å². The zero-order valence-electron chi connectivity index (χ0n) is 21.3. The lowest BCUT2D eigenvalue weighted by atomic mass is 9.80. The number of nitrogens with zero attached hydrogens (tertiary/aromatic N) is 5. The molecule has 1 aromatic carbocycles. The number of urea groups is 1. The number of halogens is 1. The van der Waals surface area contributed by atoms with Crippen LogP contribution in [-0.4, -0.2) is 57.0 Å². The first-order valence-corrected chi connectivity index (χ1v) is 14.5. The zero-order valence-corrected chi connectivity index (χ0v) is 22.9. The summed E-state index contributed by atoms with van der Waals surface area (Å²) in [5, 5.41) is 15.1. The molecule has 5 heterocycles. The summed E-state index contributed by atoms with van der Waals surface area (Å²) in [5.74, 6) is -0.142. The van der Waals surface area contributed by atoms with Crippen LogP contribution in [0.5, 0.6) is 0 Å². The summed E-state index contributed by atoms with van der Waals surface area (Å²) in [7, 11) is 0. The van der Waals surface area contributed by atoms with Crippen LogP contribution in [0.1, 0.15) is 30.6 Å².